The van der Waals surface area contributed by atoms with Gasteiger partial charge in [-0.25, -0.2) is 0 Å². The predicted molar refractivity (Wildman–Crippen MR) is 34.2 cm³/mol. The summed E-state index contributed by atoms with van der Waals surface area (Å²) in [7, 11) is 0. The van der Waals surface area contributed by atoms with Crippen molar-refractivity contribution in [3.8, 4) is 0 Å². The van der Waals surface area contributed by atoms with E-state index in [1.807, 2.05) is 0 Å². The highest BCUT2D eigenvalue weighted by atomic mass is 35.5. The second kappa shape index (κ2) is 4.33. The van der Waals surface area contributed by atoms with Gasteiger partial charge in [0.05, 0.1) is 6.42 Å². The lowest BCUT2D eigenvalue weighted by Gasteiger charge is -1.98. The summed E-state index contributed by atoms with van der Waals surface area (Å²) in [6, 6.07) is 0. The number of aliphatic imine (C=N–C) groups is 1. The molecule has 0 aromatic rings. The fraction of sp³-hybridized carbons (Fsp3) is 0.400. The van der Waals surface area contributed by atoms with Gasteiger partial charge in [0.15, 0.2) is 0 Å². The molecule has 0 bridgehead atoms. The molecule has 0 aliphatic carbocycles. The van der Waals surface area contributed by atoms with Gasteiger partial charge in [-0.15, -0.1) is 0 Å². The Morgan fingerprint density at radius 2 is 2.00 bits per heavy atom. The van der Waals surface area contributed by atoms with Gasteiger partial charge in [-0.1, -0.05) is 11.6 Å². The SMILES string of the molecule is FC(F)(F)C/C=N\C=C\Cl. The van der Waals surface area contributed by atoms with Crippen LogP contribution in [0.15, 0.2) is 16.7 Å². The Morgan fingerprint density at radius 1 is 1.40 bits per heavy atom. The van der Waals surface area contributed by atoms with Crippen LogP contribution in [0.2, 0.25) is 0 Å². The average Bonchev–Trinajstić information content (AvgIpc) is 1.78. The summed E-state index contributed by atoms with van der Waals surface area (Å²) in [5.74, 6) is 0. The first-order chi connectivity index (χ1) is 4.56. The highest BCUT2D eigenvalue weighted by Gasteiger charge is 2.24. The zero-order valence-corrected chi connectivity index (χ0v) is 5.65. The molecule has 0 saturated carbocycles. The van der Waals surface area contributed by atoms with Crippen molar-refractivity contribution in [1.29, 1.82) is 0 Å². The molecule has 0 aromatic carbocycles. The Kier molecular flexibility index (Phi) is 4.11. The summed E-state index contributed by atoms with van der Waals surface area (Å²) >= 11 is 4.98. The van der Waals surface area contributed by atoms with E-state index < -0.39 is 12.6 Å². The van der Waals surface area contributed by atoms with Crippen LogP contribution >= 0.6 is 11.6 Å². The van der Waals surface area contributed by atoms with Gasteiger partial charge in [0, 0.05) is 17.9 Å². The fourth-order valence-electron chi connectivity index (χ4n) is 0.250. The van der Waals surface area contributed by atoms with Gasteiger partial charge in [-0.05, 0) is 0 Å². The van der Waals surface area contributed by atoms with Crippen molar-refractivity contribution in [2.24, 2.45) is 4.99 Å². The lowest BCUT2D eigenvalue weighted by Crippen LogP contribution is -2.06. The molecule has 5 heteroatoms. The lowest BCUT2D eigenvalue weighted by molar-refractivity contribution is -0.120. The molecule has 0 radical (unpaired) electrons. The van der Waals surface area contributed by atoms with Gasteiger partial charge >= 0.3 is 6.18 Å². The Balaban J connectivity index is 3.54. The van der Waals surface area contributed by atoms with E-state index in [4.69, 9.17) is 11.6 Å². The van der Waals surface area contributed by atoms with Crippen LogP contribution in [-0.2, 0) is 0 Å². The second-order valence-electron chi connectivity index (χ2n) is 1.43. The molecule has 0 spiro atoms. The minimum atomic E-state index is -4.18. The summed E-state index contributed by atoms with van der Waals surface area (Å²) < 4.78 is 34.0. The first-order valence-electron chi connectivity index (χ1n) is 2.40. The van der Waals surface area contributed by atoms with E-state index >= 15 is 0 Å². The summed E-state index contributed by atoms with van der Waals surface area (Å²) in [6.45, 7) is 0. The van der Waals surface area contributed by atoms with Crippen LogP contribution in [0.4, 0.5) is 13.2 Å². The number of hydrogen-bond donors (Lipinski definition) is 0. The van der Waals surface area contributed by atoms with Gasteiger partial charge in [0.2, 0.25) is 0 Å². The number of hydrogen-bond acceptors (Lipinski definition) is 1. The molecule has 1 nitrogen and oxygen atoms in total. The van der Waals surface area contributed by atoms with Gasteiger partial charge in [-0.2, -0.15) is 13.2 Å². The monoisotopic (exact) mass is 171 g/mol. The standard InChI is InChI=1S/C5H5ClF3N/c6-2-4-10-3-1-5(7,8)9/h2-4H,1H2/b4-2+,10-3-. The van der Waals surface area contributed by atoms with Crippen LogP contribution < -0.4 is 0 Å². The van der Waals surface area contributed by atoms with E-state index in [9.17, 15) is 13.2 Å². The van der Waals surface area contributed by atoms with Crippen molar-refractivity contribution in [3.05, 3.63) is 11.7 Å². The summed E-state index contributed by atoms with van der Waals surface area (Å²) in [6.07, 6.45) is -3.37. The van der Waals surface area contributed by atoms with Crippen molar-refractivity contribution in [2.45, 2.75) is 12.6 Å². The van der Waals surface area contributed by atoms with Crippen LogP contribution in [0.5, 0.6) is 0 Å². The molecule has 0 amide bonds. The zero-order chi connectivity index (χ0) is 8.04. The third kappa shape index (κ3) is 7.49. The van der Waals surface area contributed by atoms with E-state index in [2.05, 4.69) is 4.99 Å². The molecule has 0 rings (SSSR count). The van der Waals surface area contributed by atoms with Crippen molar-refractivity contribution in [1.82, 2.24) is 0 Å². The predicted octanol–water partition coefficient (Wildman–Crippen LogP) is 2.72. The zero-order valence-electron chi connectivity index (χ0n) is 4.90. The maximum Gasteiger partial charge on any atom is 0.393 e. The van der Waals surface area contributed by atoms with E-state index in [0.29, 0.717) is 0 Å². The topological polar surface area (TPSA) is 12.4 Å². The van der Waals surface area contributed by atoms with Crippen LogP contribution in [-0.4, -0.2) is 12.4 Å². The van der Waals surface area contributed by atoms with E-state index in [0.717, 1.165) is 17.9 Å². The minimum absolute atomic E-state index is 0.749. The molecule has 10 heavy (non-hydrogen) atoms. The van der Waals surface area contributed by atoms with Crippen LogP contribution in [0.1, 0.15) is 6.42 Å². The normalized spacial score (nSPS) is 13.6. The van der Waals surface area contributed by atoms with Crippen LogP contribution in [0.3, 0.4) is 0 Å². The summed E-state index contributed by atoms with van der Waals surface area (Å²) in [4.78, 5) is 3.22. The van der Waals surface area contributed by atoms with E-state index in [1.165, 1.54) is 0 Å². The molecule has 0 saturated heterocycles. The molecule has 0 N–H and O–H groups in total. The van der Waals surface area contributed by atoms with Crippen molar-refractivity contribution >= 4 is 17.8 Å². The maximum absolute atomic E-state index is 11.3. The van der Waals surface area contributed by atoms with Gasteiger partial charge in [0.25, 0.3) is 0 Å². The molecular formula is C5H5ClF3N. The smallest absolute Gasteiger partial charge is 0.268 e. The highest BCUT2D eigenvalue weighted by Crippen LogP contribution is 2.17. The molecule has 58 valence electrons. The summed E-state index contributed by atoms with van der Waals surface area (Å²) in [5.41, 5.74) is 1.03. The van der Waals surface area contributed by atoms with E-state index in [1.54, 1.807) is 0 Å². The van der Waals surface area contributed by atoms with Crippen molar-refractivity contribution in [2.75, 3.05) is 0 Å². The van der Waals surface area contributed by atoms with Crippen LogP contribution in [0, 0.1) is 0 Å². The third-order valence-electron chi connectivity index (χ3n) is 0.571. The molecule has 0 aliphatic rings. The molecule has 0 atom stereocenters. The van der Waals surface area contributed by atoms with E-state index in [-0.39, 0.29) is 0 Å². The number of rotatable bonds is 2. The lowest BCUT2D eigenvalue weighted by atomic mass is 10.5. The summed E-state index contributed by atoms with van der Waals surface area (Å²) in [5, 5.41) is 0. The fourth-order valence-corrected chi connectivity index (χ4v) is 0.315. The third-order valence-corrected chi connectivity index (χ3v) is 0.683. The molecule has 0 unspecified atom stereocenters. The largest absolute Gasteiger partial charge is 0.393 e. The Bertz CT molecular complexity index is 138. The number of nitrogens with zero attached hydrogens (tertiary/aromatic N) is 1. The molecular weight excluding hydrogens is 167 g/mol. The Labute approximate surface area is 61.2 Å². The maximum atomic E-state index is 11.3. The Morgan fingerprint density at radius 3 is 2.40 bits per heavy atom. The van der Waals surface area contributed by atoms with Crippen LogP contribution in [0.25, 0.3) is 0 Å². The quantitative estimate of drug-likeness (QED) is 0.567. The van der Waals surface area contributed by atoms with Gasteiger partial charge < -0.3 is 0 Å². The molecule has 0 fully saturated rings. The first-order valence-corrected chi connectivity index (χ1v) is 2.83. The second-order valence-corrected chi connectivity index (χ2v) is 1.68. The molecule has 0 aliphatic heterocycles. The molecule has 0 aromatic heterocycles. The highest BCUT2D eigenvalue weighted by molar-refractivity contribution is 6.25. The van der Waals surface area contributed by atoms with Crippen molar-refractivity contribution in [3.63, 3.8) is 0 Å². The average molecular weight is 172 g/mol. The molecule has 0 heterocycles. The minimum Gasteiger partial charge on any atom is -0.268 e. The van der Waals surface area contributed by atoms with Crippen molar-refractivity contribution < 1.29 is 13.2 Å². The van der Waals surface area contributed by atoms with Gasteiger partial charge in [-0.3, -0.25) is 4.99 Å². The number of alkyl halides is 3. The number of halogens is 4. The van der Waals surface area contributed by atoms with Gasteiger partial charge in [0.1, 0.15) is 0 Å². The Hall–Kier alpha value is -0.510. The first kappa shape index (κ1) is 9.49.